The van der Waals surface area contributed by atoms with Crippen molar-refractivity contribution in [1.29, 1.82) is 0 Å². The van der Waals surface area contributed by atoms with Gasteiger partial charge in [0.05, 0.1) is 12.1 Å². The summed E-state index contributed by atoms with van der Waals surface area (Å²) in [7, 11) is 0. The highest BCUT2D eigenvalue weighted by Crippen LogP contribution is 2.15. The third-order valence-electron chi connectivity index (χ3n) is 4.84. The fourth-order valence-electron chi connectivity index (χ4n) is 3.52. The zero-order chi connectivity index (χ0) is 16.9. The molecule has 0 radical (unpaired) electrons. The SMILES string of the molecule is CC(CN1CCN(c2ccccc2)CC1)NC(=O)C1CC(O)CN1. The minimum atomic E-state index is -0.401. The molecule has 0 saturated carbocycles. The molecule has 0 aromatic heterocycles. The fourth-order valence-corrected chi connectivity index (χ4v) is 3.52. The van der Waals surface area contributed by atoms with Crippen molar-refractivity contribution in [3.05, 3.63) is 30.3 Å². The molecule has 3 rings (SSSR count). The molecule has 2 aliphatic rings. The Bertz CT molecular complexity index is 531. The van der Waals surface area contributed by atoms with Crippen molar-refractivity contribution in [2.24, 2.45) is 0 Å². The Labute approximate surface area is 143 Å². The molecule has 0 bridgehead atoms. The Kier molecular flexibility index (Phi) is 5.71. The molecule has 1 amide bonds. The lowest BCUT2D eigenvalue weighted by atomic mass is 10.1. The molecular weight excluding hydrogens is 304 g/mol. The Morgan fingerprint density at radius 2 is 2.00 bits per heavy atom. The Morgan fingerprint density at radius 3 is 2.62 bits per heavy atom. The number of piperazine rings is 1. The highest BCUT2D eigenvalue weighted by Gasteiger charge is 2.29. The molecule has 2 aliphatic heterocycles. The summed E-state index contributed by atoms with van der Waals surface area (Å²) in [6.07, 6.45) is 0.107. The summed E-state index contributed by atoms with van der Waals surface area (Å²) in [5, 5.41) is 15.6. The summed E-state index contributed by atoms with van der Waals surface area (Å²) in [6, 6.07) is 10.4. The van der Waals surface area contributed by atoms with Crippen LogP contribution in [0.5, 0.6) is 0 Å². The predicted octanol–water partition coefficient (Wildman–Crippen LogP) is 0.0361. The first kappa shape index (κ1) is 17.2. The second kappa shape index (κ2) is 7.96. The van der Waals surface area contributed by atoms with Crippen LogP contribution >= 0.6 is 0 Å². The maximum absolute atomic E-state index is 12.2. The molecule has 2 fully saturated rings. The molecular formula is C18H28N4O2. The first-order valence-corrected chi connectivity index (χ1v) is 8.86. The number of nitrogens with zero attached hydrogens (tertiary/aromatic N) is 2. The summed E-state index contributed by atoms with van der Waals surface area (Å²) < 4.78 is 0. The van der Waals surface area contributed by atoms with E-state index in [9.17, 15) is 9.90 Å². The summed E-state index contributed by atoms with van der Waals surface area (Å²) in [4.78, 5) is 17.0. The van der Waals surface area contributed by atoms with Crippen LogP contribution in [0.1, 0.15) is 13.3 Å². The largest absolute Gasteiger partial charge is 0.392 e. The first-order chi connectivity index (χ1) is 11.6. The smallest absolute Gasteiger partial charge is 0.237 e. The highest BCUT2D eigenvalue weighted by molar-refractivity contribution is 5.82. The van der Waals surface area contributed by atoms with Crippen LogP contribution in [0.25, 0.3) is 0 Å². The number of rotatable bonds is 5. The zero-order valence-electron chi connectivity index (χ0n) is 14.3. The van der Waals surface area contributed by atoms with Gasteiger partial charge in [-0.3, -0.25) is 9.69 Å². The van der Waals surface area contributed by atoms with E-state index in [-0.39, 0.29) is 18.0 Å². The quantitative estimate of drug-likeness (QED) is 0.710. The van der Waals surface area contributed by atoms with Crippen LogP contribution in [0.3, 0.4) is 0 Å². The number of aliphatic hydroxyl groups excluding tert-OH is 1. The van der Waals surface area contributed by atoms with Gasteiger partial charge in [-0.15, -0.1) is 0 Å². The average Bonchev–Trinajstić information content (AvgIpc) is 3.03. The monoisotopic (exact) mass is 332 g/mol. The lowest BCUT2D eigenvalue weighted by Gasteiger charge is -2.37. The van der Waals surface area contributed by atoms with E-state index in [2.05, 4.69) is 44.7 Å². The second-order valence-corrected chi connectivity index (χ2v) is 6.88. The van der Waals surface area contributed by atoms with Gasteiger partial charge in [0.2, 0.25) is 5.91 Å². The number of nitrogens with one attached hydrogen (secondary N) is 2. The third kappa shape index (κ3) is 4.47. The fraction of sp³-hybridized carbons (Fsp3) is 0.611. The average molecular weight is 332 g/mol. The Hall–Kier alpha value is -1.63. The standard InChI is InChI=1S/C18H28N4O2/c1-14(20-18(24)17-11-16(23)12-19-17)13-21-7-9-22(10-8-21)15-5-3-2-4-6-15/h2-6,14,16-17,19,23H,7-13H2,1H3,(H,20,24). The van der Waals surface area contributed by atoms with E-state index in [1.807, 2.05) is 13.0 Å². The summed E-state index contributed by atoms with van der Waals surface area (Å²) in [5.41, 5.74) is 1.28. The summed E-state index contributed by atoms with van der Waals surface area (Å²) in [5.74, 6) is 0.00183. The number of para-hydroxylation sites is 1. The lowest BCUT2D eigenvalue weighted by molar-refractivity contribution is -0.123. The number of aliphatic hydroxyl groups is 1. The number of carbonyl (C=O) groups is 1. The van der Waals surface area contributed by atoms with E-state index >= 15 is 0 Å². The molecule has 1 aromatic rings. The molecule has 24 heavy (non-hydrogen) atoms. The molecule has 3 unspecified atom stereocenters. The Morgan fingerprint density at radius 1 is 1.29 bits per heavy atom. The maximum Gasteiger partial charge on any atom is 0.237 e. The van der Waals surface area contributed by atoms with Crippen molar-refractivity contribution < 1.29 is 9.90 Å². The van der Waals surface area contributed by atoms with E-state index in [1.54, 1.807) is 0 Å². The van der Waals surface area contributed by atoms with Gasteiger partial charge in [0.1, 0.15) is 0 Å². The van der Waals surface area contributed by atoms with Crippen LogP contribution in [-0.4, -0.2) is 73.4 Å². The van der Waals surface area contributed by atoms with Crippen molar-refractivity contribution in [3.63, 3.8) is 0 Å². The number of anilines is 1. The maximum atomic E-state index is 12.2. The van der Waals surface area contributed by atoms with Gasteiger partial charge < -0.3 is 20.6 Å². The predicted molar refractivity (Wildman–Crippen MR) is 95.1 cm³/mol. The van der Waals surface area contributed by atoms with Gasteiger partial charge in [-0.2, -0.15) is 0 Å². The van der Waals surface area contributed by atoms with Crippen molar-refractivity contribution in [3.8, 4) is 0 Å². The molecule has 0 spiro atoms. The normalized spacial score (nSPS) is 26.3. The number of benzene rings is 1. The number of hydrogen-bond donors (Lipinski definition) is 3. The van der Waals surface area contributed by atoms with Gasteiger partial charge in [0, 0.05) is 51.0 Å². The molecule has 0 aliphatic carbocycles. The van der Waals surface area contributed by atoms with E-state index in [1.165, 1.54) is 5.69 Å². The topological polar surface area (TPSA) is 67.8 Å². The van der Waals surface area contributed by atoms with E-state index in [0.717, 1.165) is 32.7 Å². The summed E-state index contributed by atoms with van der Waals surface area (Å²) >= 11 is 0. The summed E-state index contributed by atoms with van der Waals surface area (Å²) in [6.45, 7) is 7.47. The van der Waals surface area contributed by atoms with Gasteiger partial charge in [-0.25, -0.2) is 0 Å². The van der Waals surface area contributed by atoms with Crippen LogP contribution in [-0.2, 0) is 4.79 Å². The van der Waals surface area contributed by atoms with Crippen LogP contribution in [0.15, 0.2) is 30.3 Å². The van der Waals surface area contributed by atoms with Gasteiger partial charge in [-0.1, -0.05) is 18.2 Å². The van der Waals surface area contributed by atoms with Gasteiger partial charge >= 0.3 is 0 Å². The molecule has 1 aromatic carbocycles. The van der Waals surface area contributed by atoms with Crippen molar-refractivity contribution in [2.75, 3.05) is 44.2 Å². The van der Waals surface area contributed by atoms with E-state index < -0.39 is 6.10 Å². The van der Waals surface area contributed by atoms with Crippen molar-refractivity contribution in [1.82, 2.24) is 15.5 Å². The molecule has 3 atom stereocenters. The Balaban J connectivity index is 1.40. The van der Waals surface area contributed by atoms with Crippen molar-refractivity contribution in [2.45, 2.75) is 31.5 Å². The molecule has 3 N–H and O–H groups in total. The van der Waals surface area contributed by atoms with Crippen molar-refractivity contribution >= 4 is 11.6 Å². The third-order valence-corrected chi connectivity index (χ3v) is 4.84. The van der Waals surface area contributed by atoms with Gasteiger partial charge in [0.15, 0.2) is 0 Å². The molecule has 2 saturated heterocycles. The number of hydrogen-bond acceptors (Lipinski definition) is 5. The molecule has 6 heteroatoms. The number of carbonyl (C=O) groups excluding carboxylic acids is 1. The van der Waals surface area contributed by atoms with Crippen LogP contribution in [0.2, 0.25) is 0 Å². The molecule has 6 nitrogen and oxygen atoms in total. The van der Waals surface area contributed by atoms with Gasteiger partial charge in [-0.05, 0) is 25.5 Å². The molecule has 2 heterocycles. The lowest BCUT2D eigenvalue weighted by Crippen LogP contribution is -2.52. The molecule has 132 valence electrons. The van der Waals surface area contributed by atoms with Crippen LogP contribution in [0, 0.1) is 0 Å². The van der Waals surface area contributed by atoms with Crippen LogP contribution in [0.4, 0.5) is 5.69 Å². The minimum absolute atomic E-state index is 0.00183. The first-order valence-electron chi connectivity index (χ1n) is 8.86. The minimum Gasteiger partial charge on any atom is -0.392 e. The zero-order valence-corrected chi connectivity index (χ0v) is 14.3. The second-order valence-electron chi connectivity index (χ2n) is 6.88. The van der Waals surface area contributed by atoms with E-state index in [0.29, 0.717) is 13.0 Å². The van der Waals surface area contributed by atoms with Gasteiger partial charge in [0.25, 0.3) is 0 Å². The van der Waals surface area contributed by atoms with Crippen LogP contribution < -0.4 is 15.5 Å². The van der Waals surface area contributed by atoms with E-state index in [4.69, 9.17) is 0 Å². The number of amides is 1. The highest BCUT2D eigenvalue weighted by atomic mass is 16.3. The number of β-amino-alcohol motifs (C(OH)–C–C–N with tert-alkyl or cyclic N) is 1.